The second kappa shape index (κ2) is 53.0. The van der Waals surface area contributed by atoms with Crippen molar-refractivity contribution in [3.63, 3.8) is 0 Å². The molecule has 0 radical (unpaired) electrons. The van der Waals surface area contributed by atoms with E-state index in [-0.39, 0.29) is 18.0 Å². The van der Waals surface area contributed by atoms with Gasteiger partial charge >= 0.3 is 11.9 Å². The lowest BCUT2D eigenvalue weighted by molar-refractivity contribution is -0.147. The predicted molar refractivity (Wildman–Crippen MR) is 252 cm³/mol. The maximum atomic E-state index is 11.9. The Labute approximate surface area is 359 Å². The van der Waals surface area contributed by atoms with Crippen molar-refractivity contribution in [2.75, 3.05) is 6.61 Å². The molecule has 342 valence electrons. The van der Waals surface area contributed by atoms with Crippen LogP contribution in [0.5, 0.6) is 0 Å². The number of unbranched alkanes of at least 4 members (excludes halogenated alkanes) is 39. The molecule has 0 aliphatic heterocycles. The summed E-state index contributed by atoms with van der Waals surface area (Å²) in [6.07, 6.45) is 58.1. The SMILES string of the molecule is CCCCCCCCCCCCCCCCCC(=O)OC(C)C.CCCCCCCCCCCCCCCCOC(=O)CCCCCCCCCCCCCCC. The van der Waals surface area contributed by atoms with E-state index in [1.54, 1.807) is 0 Å². The zero-order chi connectivity index (χ0) is 42.0. The van der Waals surface area contributed by atoms with E-state index in [0.717, 1.165) is 19.3 Å². The van der Waals surface area contributed by atoms with Gasteiger partial charge in [0.05, 0.1) is 12.7 Å². The lowest BCUT2D eigenvalue weighted by Gasteiger charge is -2.07. The fourth-order valence-electron chi connectivity index (χ4n) is 7.80. The Balaban J connectivity index is 0. The van der Waals surface area contributed by atoms with Gasteiger partial charge in [0, 0.05) is 12.8 Å². The van der Waals surface area contributed by atoms with Crippen molar-refractivity contribution in [2.45, 2.75) is 323 Å². The molecule has 0 amide bonds. The molecule has 0 aromatic rings. The minimum atomic E-state index is -0.0327. The first-order valence-electron chi connectivity index (χ1n) is 26.3. The van der Waals surface area contributed by atoms with Gasteiger partial charge in [-0.25, -0.2) is 0 Å². The fourth-order valence-corrected chi connectivity index (χ4v) is 7.80. The summed E-state index contributed by atoms with van der Waals surface area (Å²) in [6.45, 7) is 11.3. The Morgan fingerprint density at radius 3 is 0.754 bits per heavy atom. The predicted octanol–water partition coefficient (Wildman–Crippen LogP) is 18.7. The van der Waals surface area contributed by atoms with Crippen molar-refractivity contribution in [3.8, 4) is 0 Å². The average Bonchev–Trinajstić information content (AvgIpc) is 3.19. The minimum absolute atomic E-state index is 0.0257. The highest BCUT2D eigenvalue weighted by Gasteiger charge is 2.05. The summed E-state index contributed by atoms with van der Waals surface area (Å²) < 4.78 is 10.5. The van der Waals surface area contributed by atoms with E-state index in [0.29, 0.717) is 19.4 Å². The van der Waals surface area contributed by atoms with Gasteiger partial charge in [-0.2, -0.15) is 0 Å². The molecule has 0 aromatic carbocycles. The van der Waals surface area contributed by atoms with Crippen LogP contribution in [0.15, 0.2) is 0 Å². The van der Waals surface area contributed by atoms with Gasteiger partial charge in [-0.3, -0.25) is 9.59 Å². The van der Waals surface area contributed by atoms with E-state index in [2.05, 4.69) is 20.8 Å². The molecular weight excluding hydrogens is 701 g/mol. The molecule has 0 rings (SSSR count). The van der Waals surface area contributed by atoms with Crippen molar-refractivity contribution in [1.82, 2.24) is 0 Å². The van der Waals surface area contributed by atoms with Gasteiger partial charge in [0.1, 0.15) is 0 Å². The summed E-state index contributed by atoms with van der Waals surface area (Å²) in [7, 11) is 0. The number of hydrogen-bond donors (Lipinski definition) is 0. The number of carbonyl (C=O) groups is 2. The molecule has 0 atom stereocenters. The second-order valence-corrected chi connectivity index (χ2v) is 18.0. The zero-order valence-electron chi connectivity index (χ0n) is 40.0. The highest BCUT2D eigenvalue weighted by molar-refractivity contribution is 5.69. The van der Waals surface area contributed by atoms with Crippen LogP contribution in [0.2, 0.25) is 0 Å². The Morgan fingerprint density at radius 2 is 0.509 bits per heavy atom. The van der Waals surface area contributed by atoms with Gasteiger partial charge < -0.3 is 9.47 Å². The van der Waals surface area contributed by atoms with Crippen molar-refractivity contribution in [3.05, 3.63) is 0 Å². The number of esters is 2. The van der Waals surface area contributed by atoms with E-state index in [4.69, 9.17) is 9.47 Å². The summed E-state index contributed by atoms with van der Waals surface area (Å²) in [5.41, 5.74) is 0. The molecule has 0 bridgehead atoms. The van der Waals surface area contributed by atoms with Gasteiger partial charge in [0.15, 0.2) is 0 Å². The molecule has 0 aliphatic rings. The standard InChI is InChI=1S/C32H64O2.C21H42O2/c1-3-5-7-9-11-13-15-17-19-21-23-25-27-29-31-34-32(33)30-28-26-24-22-20-18-16-14-12-10-8-6-4-2;1-4-5-6-7-8-9-10-11-12-13-14-15-16-17-18-19-21(22)23-20(2)3/h3-31H2,1-2H3;20H,4-19H2,1-3H3. The van der Waals surface area contributed by atoms with Gasteiger partial charge in [0.2, 0.25) is 0 Å². The molecular formula is C53H106O4. The van der Waals surface area contributed by atoms with E-state index in [1.807, 2.05) is 13.8 Å². The summed E-state index contributed by atoms with van der Waals surface area (Å²) in [4.78, 5) is 23.2. The van der Waals surface area contributed by atoms with Crippen LogP contribution in [0.25, 0.3) is 0 Å². The van der Waals surface area contributed by atoms with Gasteiger partial charge in [-0.1, -0.05) is 271 Å². The number of ether oxygens (including phenoxy) is 2. The van der Waals surface area contributed by atoms with Gasteiger partial charge in [-0.15, -0.1) is 0 Å². The maximum Gasteiger partial charge on any atom is 0.306 e. The van der Waals surface area contributed by atoms with Crippen molar-refractivity contribution in [1.29, 1.82) is 0 Å². The van der Waals surface area contributed by atoms with Crippen LogP contribution >= 0.6 is 0 Å². The molecule has 0 unspecified atom stereocenters. The Hall–Kier alpha value is -1.06. The van der Waals surface area contributed by atoms with Gasteiger partial charge in [-0.05, 0) is 33.1 Å². The van der Waals surface area contributed by atoms with Gasteiger partial charge in [0.25, 0.3) is 0 Å². The van der Waals surface area contributed by atoms with Crippen LogP contribution in [0, 0.1) is 0 Å². The maximum absolute atomic E-state index is 11.9. The van der Waals surface area contributed by atoms with Crippen LogP contribution in [0.1, 0.15) is 317 Å². The first-order chi connectivity index (χ1) is 28.0. The summed E-state index contributed by atoms with van der Waals surface area (Å²) in [6, 6.07) is 0. The number of rotatable bonds is 46. The average molecular weight is 807 g/mol. The fraction of sp³-hybridized carbons (Fsp3) is 0.962. The first-order valence-corrected chi connectivity index (χ1v) is 26.3. The molecule has 0 N–H and O–H groups in total. The molecule has 0 aromatic heterocycles. The molecule has 4 nitrogen and oxygen atoms in total. The van der Waals surface area contributed by atoms with E-state index in [1.165, 1.54) is 250 Å². The molecule has 0 aliphatic carbocycles. The molecule has 0 fully saturated rings. The van der Waals surface area contributed by atoms with Crippen molar-refractivity contribution in [2.24, 2.45) is 0 Å². The van der Waals surface area contributed by atoms with Crippen LogP contribution in [-0.2, 0) is 19.1 Å². The molecule has 0 saturated heterocycles. The number of carbonyl (C=O) groups excluding carboxylic acids is 2. The van der Waals surface area contributed by atoms with Crippen LogP contribution in [-0.4, -0.2) is 24.6 Å². The van der Waals surface area contributed by atoms with E-state index in [9.17, 15) is 9.59 Å². The largest absolute Gasteiger partial charge is 0.466 e. The third kappa shape index (κ3) is 57.1. The molecule has 57 heavy (non-hydrogen) atoms. The van der Waals surface area contributed by atoms with Crippen molar-refractivity contribution < 1.29 is 19.1 Å². The molecule has 0 saturated carbocycles. The zero-order valence-corrected chi connectivity index (χ0v) is 40.0. The normalized spacial score (nSPS) is 11.2. The summed E-state index contributed by atoms with van der Waals surface area (Å²) in [5.74, 6) is -0.00698. The Kier molecular flexibility index (Phi) is 53.9. The molecule has 0 heterocycles. The Bertz CT molecular complexity index is 749. The minimum Gasteiger partial charge on any atom is -0.466 e. The third-order valence-electron chi connectivity index (χ3n) is 11.6. The lowest BCUT2D eigenvalue weighted by Crippen LogP contribution is -2.10. The first kappa shape index (κ1) is 58.0. The molecule has 4 heteroatoms. The van der Waals surface area contributed by atoms with E-state index < -0.39 is 0 Å². The van der Waals surface area contributed by atoms with E-state index >= 15 is 0 Å². The third-order valence-corrected chi connectivity index (χ3v) is 11.6. The van der Waals surface area contributed by atoms with Crippen molar-refractivity contribution >= 4 is 11.9 Å². The Morgan fingerprint density at radius 1 is 0.298 bits per heavy atom. The highest BCUT2D eigenvalue weighted by Crippen LogP contribution is 2.16. The van der Waals surface area contributed by atoms with Crippen LogP contribution in [0.3, 0.4) is 0 Å². The second-order valence-electron chi connectivity index (χ2n) is 18.0. The molecule has 0 spiro atoms. The highest BCUT2D eigenvalue weighted by atomic mass is 16.5. The topological polar surface area (TPSA) is 52.6 Å². The van der Waals surface area contributed by atoms with Crippen LogP contribution < -0.4 is 0 Å². The van der Waals surface area contributed by atoms with Crippen LogP contribution in [0.4, 0.5) is 0 Å². The smallest absolute Gasteiger partial charge is 0.306 e. The summed E-state index contributed by atoms with van der Waals surface area (Å²) in [5, 5.41) is 0. The monoisotopic (exact) mass is 807 g/mol. The lowest BCUT2D eigenvalue weighted by atomic mass is 10.0. The summed E-state index contributed by atoms with van der Waals surface area (Å²) >= 11 is 0. The number of hydrogen-bond acceptors (Lipinski definition) is 4. The quantitative estimate of drug-likeness (QED) is 0.0454.